The third-order valence-electron chi connectivity index (χ3n) is 3.76. The van der Waals surface area contributed by atoms with Crippen LogP contribution in [-0.2, 0) is 4.74 Å². The van der Waals surface area contributed by atoms with Gasteiger partial charge in [-0.1, -0.05) is 0 Å². The van der Waals surface area contributed by atoms with Crippen LogP contribution in [0.4, 0.5) is 5.82 Å². The van der Waals surface area contributed by atoms with E-state index >= 15 is 0 Å². The van der Waals surface area contributed by atoms with E-state index in [0.717, 1.165) is 0 Å². The number of nitro groups is 1. The van der Waals surface area contributed by atoms with Crippen molar-refractivity contribution >= 4 is 17.6 Å². The molecule has 9 heteroatoms. The number of ketones is 1. The quantitative estimate of drug-likeness (QED) is 0.348. The first kappa shape index (κ1) is 19.1. The van der Waals surface area contributed by atoms with E-state index in [2.05, 4.69) is 9.97 Å². The number of rotatable bonds is 7. The Balaban J connectivity index is 2.28. The van der Waals surface area contributed by atoms with Gasteiger partial charge in [-0.15, -0.1) is 0 Å². The van der Waals surface area contributed by atoms with Crippen LogP contribution < -0.4 is 4.74 Å². The molecule has 0 spiro atoms. The molecule has 0 aromatic carbocycles. The Morgan fingerprint density at radius 3 is 2.69 bits per heavy atom. The molecule has 0 aliphatic heterocycles. The maximum Gasteiger partial charge on any atom is 0.406 e. The van der Waals surface area contributed by atoms with Crippen molar-refractivity contribution < 1.29 is 24.0 Å². The lowest BCUT2D eigenvalue weighted by atomic mass is 10.1. The Kier molecular flexibility index (Phi) is 5.71. The van der Waals surface area contributed by atoms with E-state index in [-0.39, 0.29) is 18.1 Å². The van der Waals surface area contributed by atoms with Gasteiger partial charge in [0.1, 0.15) is 6.20 Å². The van der Waals surface area contributed by atoms with Gasteiger partial charge in [-0.05, 0) is 55.3 Å². The Morgan fingerprint density at radius 2 is 2.08 bits per heavy atom. The number of carbonyl (C=O) groups is 2. The van der Waals surface area contributed by atoms with Gasteiger partial charge in [-0.25, -0.2) is 4.79 Å². The Bertz CT molecular complexity index is 858. The van der Waals surface area contributed by atoms with Crippen LogP contribution in [0.5, 0.6) is 5.75 Å². The number of aryl methyl sites for hydroxylation is 1. The normalized spacial score (nSPS) is 11.7. The van der Waals surface area contributed by atoms with Gasteiger partial charge >= 0.3 is 11.8 Å². The molecule has 2 rings (SSSR count). The summed E-state index contributed by atoms with van der Waals surface area (Å²) < 4.78 is 10.4. The molecular weight excluding hydrogens is 342 g/mol. The summed E-state index contributed by atoms with van der Waals surface area (Å²) in [4.78, 5) is 41.6. The van der Waals surface area contributed by atoms with Crippen molar-refractivity contribution in [2.24, 2.45) is 0 Å². The van der Waals surface area contributed by atoms with Crippen molar-refractivity contribution in [1.82, 2.24) is 9.97 Å². The first-order chi connectivity index (χ1) is 12.3. The van der Waals surface area contributed by atoms with Crippen LogP contribution in [0.15, 0.2) is 18.3 Å². The summed E-state index contributed by atoms with van der Waals surface area (Å²) >= 11 is 0. The molecule has 0 saturated heterocycles. The standard InChI is InChI=1S/C17H19N3O6/c1-5-25-17(22)13-9(2)14(19-10(13)3)15(21)11(4)26-12-7-6-8-18-16(12)20(23)24/h6-8,11,19H,5H2,1-4H3. The van der Waals surface area contributed by atoms with Crippen LogP contribution in [-0.4, -0.2) is 39.4 Å². The van der Waals surface area contributed by atoms with Gasteiger partial charge in [-0.2, -0.15) is 0 Å². The van der Waals surface area contributed by atoms with Gasteiger partial charge < -0.3 is 24.6 Å². The first-order valence-corrected chi connectivity index (χ1v) is 7.94. The fourth-order valence-electron chi connectivity index (χ4n) is 2.56. The summed E-state index contributed by atoms with van der Waals surface area (Å²) in [6.07, 6.45) is 0.242. The second kappa shape index (κ2) is 7.77. The molecule has 0 saturated carbocycles. The number of aromatic nitrogens is 2. The van der Waals surface area contributed by atoms with E-state index in [1.54, 1.807) is 20.8 Å². The molecule has 1 N–H and O–H groups in total. The van der Waals surface area contributed by atoms with Gasteiger partial charge in [-0.3, -0.25) is 4.79 Å². The number of hydrogen-bond donors (Lipinski definition) is 1. The molecule has 2 aromatic rings. The molecule has 2 aromatic heterocycles. The number of Topliss-reactive ketones (excluding diaryl/α,β-unsaturated/α-hetero) is 1. The molecule has 138 valence electrons. The summed E-state index contributed by atoms with van der Waals surface area (Å²) in [6.45, 7) is 6.67. The predicted octanol–water partition coefficient (Wildman–Crippen LogP) is 2.76. The van der Waals surface area contributed by atoms with Crippen molar-refractivity contribution in [3.8, 4) is 5.75 Å². The van der Waals surface area contributed by atoms with Gasteiger partial charge in [0.2, 0.25) is 11.5 Å². The fourth-order valence-corrected chi connectivity index (χ4v) is 2.56. The van der Waals surface area contributed by atoms with Gasteiger partial charge in [0.15, 0.2) is 6.10 Å². The first-order valence-electron chi connectivity index (χ1n) is 7.94. The number of nitrogens with one attached hydrogen (secondary N) is 1. The Labute approximate surface area is 149 Å². The molecule has 0 aliphatic carbocycles. The Hall–Kier alpha value is -3.23. The lowest BCUT2D eigenvalue weighted by molar-refractivity contribution is -0.390. The molecule has 0 radical (unpaired) electrons. The van der Waals surface area contributed by atoms with Crippen LogP contribution in [0.1, 0.15) is 46.0 Å². The van der Waals surface area contributed by atoms with E-state index in [9.17, 15) is 19.7 Å². The number of ether oxygens (including phenoxy) is 2. The average Bonchev–Trinajstić information content (AvgIpc) is 2.89. The van der Waals surface area contributed by atoms with Crippen LogP contribution in [0.3, 0.4) is 0 Å². The minimum Gasteiger partial charge on any atom is -0.474 e. The van der Waals surface area contributed by atoms with Crippen molar-refractivity contribution in [2.45, 2.75) is 33.8 Å². The summed E-state index contributed by atoms with van der Waals surface area (Å²) in [5.74, 6) is -1.54. The third kappa shape index (κ3) is 3.71. The smallest absolute Gasteiger partial charge is 0.406 e. The van der Waals surface area contributed by atoms with E-state index in [4.69, 9.17) is 9.47 Å². The number of carbonyl (C=O) groups excluding carboxylic acids is 2. The zero-order chi connectivity index (χ0) is 19.4. The molecule has 2 heterocycles. The zero-order valence-corrected chi connectivity index (χ0v) is 14.9. The molecule has 26 heavy (non-hydrogen) atoms. The molecule has 1 unspecified atom stereocenters. The number of hydrogen-bond acceptors (Lipinski definition) is 7. The minimum atomic E-state index is -1.02. The third-order valence-corrected chi connectivity index (χ3v) is 3.76. The van der Waals surface area contributed by atoms with Crippen molar-refractivity contribution in [2.75, 3.05) is 6.61 Å². The second-order valence-electron chi connectivity index (χ2n) is 5.55. The highest BCUT2D eigenvalue weighted by Crippen LogP contribution is 2.26. The molecule has 0 bridgehead atoms. The number of aromatic amines is 1. The molecule has 0 aliphatic rings. The minimum absolute atomic E-state index is 0.107. The van der Waals surface area contributed by atoms with Crippen LogP contribution in [0.25, 0.3) is 0 Å². The predicted molar refractivity (Wildman–Crippen MR) is 91.5 cm³/mol. The summed E-state index contributed by atoms with van der Waals surface area (Å²) in [5.41, 5.74) is 1.45. The molecular formula is C17H19N3O6. The van der Waals surface area contributed by atoms with Crippen LogP contribution in [0.2, 0.25) is 0 Å². The van der Waals surface area contributed by atoms with Gasteiger partial charge in [0.05, 0.1) is 17.9 Å². The largest absolute Gasteiger partial charge is 0.474 e. The van der Waals surface area contributed by atoms with E-state index in [0.29, 0.717) is 16.8 Å². The zero-order valence-electron chi connectivity index (χ0n) is 14.9. The summed E-state index contributed by atoms with van der Waals surface area (Å²) in [7, 11) is 0. The van der Waals surface area contributed by atoms with Crippen LogP contribution >= 0.6 is 0 Å². The SMILES string of the molecule is CCOC(=O)c1c(C)[nH]c(C(=O)C(C)Oc2cccnc2[N+](=O)[O-])c1C. The number of nitrogens with zero attached hydrogens (tertiary/aromatic N) is 2. The van der Waals surface area contributed by atoms with E-state index < -0.39 is 28.6 Å². The van der Waals surface area contributed by atoms with Crippen molar-refractivity contribution in [3.63, 3.8) is 0 Å². The number of esters is 1. The maximum atomic E-state index is 12.7. The summed E-state index contributed by atoms with van der Waals surface area (Å²) in [6, 6.07) is 2.84. The Morgan fingerprint density at radius 1 is 1.38 bits per heavy atom. The fraction of sp³-hybridized carbons (Fsp3) is 0.353. The molecule has 9 nitrogen and oxygen atoms in total. The monoisotopic (exact) mass is 361 g/mol. The van der Waals surface area contributed by atoms with Gasteiger partial charge in [0.25, 0.3) is 0 Å². The average molecular weight is 361 g/mol. The highest BCUT2D eigenvalue weighted by molar-refractivity contribution is 6.03. The van der Waals surface area contributed by atoms with Gasteiger partial charge in [0, 0.05) is 5.69 Å². The summed E-state index contributed by atoms with van der Waals surface area (Å²) in [5, 5.41) is 11.0. The molecule has 0 amide bonds. The topological polar surface area (TPSA) is 124 Å². The highest BCUT2D eigenvalue weighted by Gasteiger charge is 2.28. The number of pyridine rings is 1. The van der Waals surface area contributed by atoms with Crippen molar-refractivity contribution in [3.05, 3.63) is 51.0 Å². The highest BCUT2D eigenvalue weighted by atomic mass is 16.6. The van der Waals surface area contributed by atoms with Crippen molar-refractivity contribution in [1.29, 1.82) is 0 Å². The molecule has 1 atom stereocenters. The van der Waals surface area contributed by atoms with E-state index in [1.165, 1.54) is 25.3 Å². The lowest BCUT2D eigenvalue weighted by Crippen LogP contribution is -2.25. The van der Waals surface area contributed by atoms with E-state index in [1.807, 2.05) is 0 Å². The number of H-pyrrole nitrogens is 1. The molecule has 0 fully saturated rings. The van der Waals surface area contributed by atoms with Crippen LogP contribution in [0, 0.1) is 24.0 Å². The lowest BCUT2D eigenvalue weighted by Gasteiger charge is -2.13. The maximum absolute atomic E-state index is 12.7. The second-order valence-corrected chi connectivity index (χ2v) is 5.55.